The highest BCUT2D eigenvalue weighted by Crippen LogP contribution is 2.33. The van der Waals surface area contributed by atoms with Crippen LogP contribution >= 0.6 is 0 Å². The largest absolute Gasteiger partial charge is 0.353 e. The maximum absolute atomic E-state index is 11.9. The van der Waals surface area contributed by atoms with Gasteiger partial charge in [-0.25, -0.2) is 0 Å². The van der Waals surface area contributed by atoms with Gasteiger partial charge in [-0.2, -0.15) is 5.26 Å². The summed E-state index contributed by atoms with van der Waals surface area (Å²) in [5.41, 5.74) is 0.0991. The van der Waals surface area contributed by atoms with Crippen molar-refractivity contribution < 1.29 is 4.79 Å². The Morgan fingerprint density at radius 1 is 1.44 bits per heavy atom. The molecule has 1 fully saturated rings. The Balaban J connectivity index is 2.53. The molecule has 0 saturated heterocycles. The summed E-state index contributed by atoms with van der Waals surface area (Å²) in [4.78, 5) is 14.2. The molecule has 1 saturated carbocycles. The van der Waals surface area contributed by atoms with Crippen molar-refractivity contribution in [1.82, 2.24) is 10.2 Å². The van der Waals surface area contributed by atoms with E-state index < -0.39 is 5.92 Å². The second kappa shape index (κ2) is 6.75. The molecule has 1 N–H and O–H groups in total. The summed E-state index contributed by atoms with van der Waals surface area (Å²) < 4.78 is 0. The van der Waals surface area contributed by atoms with E-state index in [-0.39, 0.29) is 11.4 Å². The van der Waals surface area contributed by atoms with Crippen LogP contribution in [0.5, 0.6) is 0 Å². The van der Waals surface area contributed by atoms with Gasteiger partial charge < -0.3 is 10.2 Å². The smallest absolute Gasteiger partial charge is 0.237 e. The van der Waals surface area contributed by atoms with Gasteiger partial charge in [0.25, 0.3) is 0 Å². The second-order valence-corrected chi connectivity index (χ2v) is 5.51. The van der Waals surface area contributed by atoms with E-state index in [2.05, 4.69) is 30.4 Å². The molecule has 1 aliphatic rings. The molecule has 1 atom stereocenters. The number of rotatable bonds is 6. The van der Waals surface area contributed by atoms with Gasteiger partial charge in [0.2, 0.25) is 5.91 Å². The Kier molecular flexibility index (Phi) is 5.61. The molecule has 0 aromatic rings. The van der Waals surface area contributed by atoms with E-state index in [1.807, 2.05) is 6.92 Å². The van der Waals surface area contributed by atoms with E-state index in [1.165, 1.54) is 12.8 Å². The van der Waals surface area contributed by atoms with Crippen LogP contribution in [0.25, 0.3) is 0 Å². The first kappa shape index (κ1) is 15.0. The summed E-state index contributed by atoms with van der Waals surface area (Å²) in [5.74, 6) is -0.594. The normalized spacial score (nSPS) is 19.5. The van der Waals surface area contributed by atoms with Crippen LogP contribution in [0.2, 0.25) is 0 Å². The molecule has 18 heavy (non-hydrogen) atoms. The molecule has 1 amide bonds. The molecule has 0 bridgehead atoms. The molecule has 0 aromatic heterocycles. The molecule has 0 aliphatic heterocycles. The fourth-order valence-electron chi connectivity index (χ4n) is 2.73. The van der Waals surface area contributed by atoms with Gasteiger partial charge in [-0.15, -0.1) is 0 Å². The minimum absolute atomic E-state index is 0.0991. The van der Waals surface area contributed by atoms with Crippen molar-refractivity contribution in [3.05, 3.63) is 0 Å². The fourth-order valence-corrected chi connectivity index (χ4v) is 2.73. The third-order valence-corrected chi connectivity index (χ3v) is 4.12. The first-order valence-electron chi connectivity index (χ1n) is 6.90. The van der Waals surface area contributed by atoms with Gasteiger partial charge in [-0.1, -0.05) is 26.2 Å². The third-order valence-electron chi connectivity index (χ3n) is 4.12. The number of nitrogens with one attached hydrogen (secondary N) is 1. The summed E-state index contributed by atoms with van der Waals surface area (Å²) in [6.45, 7) is 2.66. The SMILES string of the molecule is CCCC(C#N)C(=O)NCC1(N(C)C)CCCC1. The standard InChI is InChI=1S/C14H25N3O/c1-4-7-12(10-15)13(18)16-11-14(17(2)3)8-5-6-9-14/h12H,4-9,11H2,1-3H3,(H,16,18). The zero-order valence-corrected chi connectivity index (χ0v) is 11.8. The van der Waals surface area contributed by atoms with Crippen LogP contribution in [0.1, 0.15) is 45.4 Å². The molecule has 0 aromatic carbocycles. The molecule has 1 aliphatic carbocycles. The first-order valence-corrected chi connectivity index (χ1v) is 6.90. The predicted molar refractivity (Wildman–Crippen MR) is 71.9 cm³/mol. The highest BCUT2D eigenvalue weighted by molar-refractivity contribution is 5.81. The molecule has 0 spiro atoms. The van der Waals surface area contributed by atoms with E-state index in [9.17, 15) is 4.79 Å². The minimum atomic E-state index is -0.490. The van der Waals surface area contributed by atoms with E-state index in [4.69, 9.17) is 5.26 Å². The third kappa shape index (κ3) is 3.46. The average molecular weight is 251 g/mol. The lowest BCUT2D eigenvalue weighted by atomic mass is 9.95. The monoisotopic (exact) mass is 251 g/mol. The number of hydrogen-bond acceptors (Lipinski definition) is 3. The summed E-state index contributed by atoms with van der Waals surface area (Å²) in [7, 11) is 4.15. The lowest BCUT2D eigenvalue weighted by Crippen LogP contribution is -2.51. The van der Waals surface area contributed by atoms with E-state index in [0.717, 1.165) is 19.3 Å². The van der Waals surface area contributed by atoms with Crippen LogP contribution in [0.4, 0.5) is 0 Å². The van der Waals surface area contributed by atoms with Crippen LogP contribution in [0.3, 0.4) is 0 Å². The van der Waals surface area contributed by atoms with Crippen molar-refractivity contribution >= 4 is 5.91 Å². The summed E-state index contributed by atoms with van der Waals surface area (Å²) >= 11 is 0. The van der Waals surface area contributed by atoms with Crippen LogP contribution in [0, 0.1) is 17.2 Å². The maximum atomic E-state index is 11.9. The molecule has 4 heteroatoms. The van der Waals surface area contributed by atoms with Crippen molar-refractivity contribution in [2.75, 3.05) is 20.6 Å². The molecular weight excluding hydrogens is 226 g/mol. The summed E-state index contributed by atoms with van der Waals surface area (Å²) in [6, 6.07) is 2.09. The van der Waals surface area contributed by atoms with Gasteiger partial charge in [0.05, 0.1) is 6.07 Å². The van der Waals surface area contributed by atoms with Crippen LogP contribution in [-0.4, -0.2) is 37.0 Å². The molecule has 102 valence electrons. The Labute approximate surface area is 110 Å². The van der Waals surface area contributed by atoms with Crippen molar-refractivity contribution in [1.29, 1.82) is 5.26 Å². The van der Waals surface area contributed by atoms with Crippen molar-refractivity contribution in [2.45, 2.75) is 51.0 Å². The van der Waals surface area contributed by atoms with Gasteiger partial charge in [0.15, 0.2) is 0 Å². The molecule has 4 nitrogen and oxygen atoms in total. The number of carbonyl (C=O) groups is 1. The van der Waals surface area contributed by atoms with Gasteiger partial charge in [-0.05, 0) is 33.4 Å². The number of likely N-dealkylation sites (N-methyl/N-ethyl adjacent to an activating group) is 1. The van der Waals surface area contributed by atoms with Gasteiger partial charge >= 0.3 is 0 Å². The van der Waals surface area contributed by atoms with Crippen LogP contribution in [-0.2, 0) is 4.79 Å². The quantitative estimate of drug-likeness (QED) is 0.784. The lowest BCUT2D eigenvalue weighted by Gasteiger charge is -2.36. The van der Waals surface area contributed by atoms with E-state index >= 15 is 0 Å². The Morgan fingerprint density at radius 3 is 2.50 bits per heavy atom. The summed E-state index contributed by atoms with van der Waals surface area (Å²) in [5, 5.41) is 12.0. The number of carbonyl (C=O) groups excluding carboxylic acids is 1. The van der Waals surface area contributed by atoms with Gasteiger partial charge in [0.1, 0.15) is 5.92 Å². The molecule has 1 rings (SSSR count). The van der Waals surface area contributed by atoms with E-state index in [0.29, 0.717) is 13.0 Å². The van der Waals surface area contributed by atoms with Crippen LogP contribution in [0.15, 0.2) is 0 Å². The van der Waals surface area contributed by atoms with Crippen molar-refractivity contribution in [2.24, 2.45) is 5.92 Å². The molecular formula is C14H25N3O. The second-order valence-electron chi connectivity index (χ2n) is 5.51. The Hall–Kier alpha value is -1.08. The number of nitrogens with zero attached hydrogens (tertiary/aromatic N) is 2. The predicted octanol–water partition coefficient (Wildman–Crippen LogP) is 1.92. The number of amides is 1. The Morgan fingerprint density at radius 2 is 2.06 bits per heavy atom. The van der Waals surface area contributed by atoms with E-state index in [1.54, 1.807) is 0 Å². The highest BCUT2D eigenvalue weighted by atomic mass is 16.1. The average Bonchev–Trinajstić information content (AvgIpc) is 2.83. The van der Waals surface area contributed by atoms with Gasteiger partial charge in [-0.3, -0.25) is 4.79 Å². The summed E-state index contributed by atoms with van der Waals surface area (Å²) in [6.07, 6.45) is 6.23. The fraction of sp³-hybridized carbons (Fsp3) is 0.857. The number of nitriles is 1. The number of hydrogen-bond donors (Lipinski definition) is 1. The van der Waals surface area contributed by atoms with Crippen LogP contribution < -0.4 is 5.32 Å². The zero-order valence-electron chi connectivity index (χ0n) is 11.8. The molecule has 1 unspecified atom stereocenters. The van der Waals surface area contributed by atoms with Crippen molar-refractivity contribution in [3.8, 4) is 6.07 Å². The van der Waals surface area contributed by atoms with Gasteiger partial charge in [0, 0.05) is 12.1 Å². The Bertz CT molecular complexity index is 313. The molecule has 0 heterocycles. The first-order chi connectivity index (χ1) is 8.55. The topological polar surface area (TPSA) is 56.1 Å². The zero-order chi connectivity index (χ0) is 13.6. The van der Waals surface area contributed by atoms with Crippen molar-refractivity contribution in [3.63, 3.8) is 0 Å². The maximum Gasteiger partial charge on any atom is 0.237 e. The molecule has 0 radical (unpaired) electrons. The minimum Gasteiger partial charge on any atom is -0.353 e. The lowest BCUT2D eigenvalue weighted by molar-refractivity contribution is -0.124. The highest BCUT2D eigenvalue weighted by Gasteiger charge is 2.36.